The molecule has 0 radical (unpaired) electrons. The molecule has 7 heteroatoms. The van der Waals surface area contributed by atoms with Gasteiger partial charge >= 0.3 is 0 Å². The fraction of sp³-hybridized carbons (Fsp3) is 0.429. The van der Waals surface area contributed by atoms with Crippen molar-refractivity contribution in [2.24, 2.45) is 0 Å². The number of nitrogens with zero attached hydrogens (tertiary/aromatic N) is 6. The second-order valence-corrected chi connectivity index (χ2v) is 7.14. The van der Waals surface area contributed by atoms with Crippen LogP contribution in [0.15, 0.2) is 36.5 Å². The van der Waals surface area contributed by atoms with Crippen LogP contribution in [0.3, 0.4) is 0 Å². The number of nitriles is 1. The van der Waals surface area contributed by atoms with E-state index in [2.05, 4.69) is 38.3 Å². The smallest absolute Gasteiger partial charge is 0.147 e. The maximum Gasteiger partial charge on any atom is 0.147 e. The first-order valence-electron chi connectivity index (χ1n) is 9.95. The highest BCUT2D eigenvalue weighted by atomic mass is 15.3. The third-order valence-corrected chi connectivity index (χ3v) is 5.12. The first-order valence-corrected chi connectivity index (χ1v) is 9.95. The number of nitrogens with one attached hydrogen (secondary N) is 1. The van der Waals surface area contributed by atoms with Gasteiger partial charge in [-0.1, -0.05) is 36.8 Å². The van der Waals surface area contributed by atoms with Gasteiger partial charge < -0.3 is 9.88 Å². The maximum absolute atomic E-state index is 8.87. The molecule has 3 heterocycles. The summed E-state index contributed by atoms with van der Waals surface area (Å²) in [7, 11) is 0. The molecule has 1 aliphatic rings. The lowest BCUT2D eigenvalue weighted by Crippen LogP contribution is -2.17. The molecule has 1 aliphatic heterocycles. The quantitative estimate of drug-likeness (QED) is 0.686. The van der Waals surface area contributed by atoms with Gasteiger partial charge in [0, 0.05) is 36.8 Å². The molecular formula is C21H25N7. The molecule has 3 aromatic rings. The van der Waals surface area contributed by atoms with Crippen molar-refractivity contribution in [3.05, 3.63) is 53.7 Å². The fourth-order valence-electron chi connectivity index (χ4n) is 3.70. The molecule has 2 aromatic heterocycles. The summed E-state index contributed by atoms with van der Waals surface area (Å²) >= 11 is 0. The second-order valence-electron chi connectivity index (χ2n) is 7.14. The topological polar surface area (TPSA) is 84.4 Å². The van der Waals surface area contributed by atoms with Crippen molar-refractivity contribution in [1.82, 2.24) is 29.9 Å². The van der Waals surface area contributed by atoms with E-state index in [1.54, 1.807) is 0 Å². The van der Waals surface area contributed by atoms with E-state index in [1.807, 2.05) is 29.1 Å². The zero-order chi connectivity index (χ0) is 19.2. The maximum atomic E-state index is 8.87. The highest BCUT2D eigenvalue weighted by Crippen LogP contribution is 2.22. The van der Waals surface area contributed by atoms with Crippen LogP contribution in [-0.4, -0.2) is 24.5 Å². The van der Waals surface area contributed by atoms with Crippen LogP contribution < -0.4 is 5.32 Å². The lowest BCUT2D eigenvalue weighted by molar-refractivity contribution is 0.572. The summed E-state index contributed by atoms with van der Waals surface area (Å²) in [5.41, 5.74) is 3.18. The van der Waals surface area contributed by atoms with Gasteiger partial charge in [-0.25, -0.2) is 0 Å². The summed E-state index contributed by atoms with van der Waals surface area (Å²) in [5.74, 6) is 2.12. The molecule has 144 valence electrons. The number of hydrogen-bond donors (Lipinski definition) is 1. The number of fused-ring (bicyclic) bond motifs is 1. The van der Waals surface area contributed by atoms with Crippen molar-refractivity contribution >= 4 is 0 Å². The van der Waals surface area contributed by atoms with E-state index in [9.17, 15) is 0 Å². The summed E-state index contributed by atoms with van der Waals surface area (Å²) in [5, 5.41) is 25.8. The van der Waals surface area contributed by atoms with E-state index >= 15 is 0 Å². The zero-order valence-corrected chi connectivity index (χ0v) is 16.0. The lowest BCUT2D eigenvalue weighted by atomic mass is 10.1. The molecule has 0 atom stereocenters. The van der Waals surface area contributed by atoms with Crippen LogP contribution in [-0.2, 0) is 32.6 Å². The van der Waals surface area contributed by atoms with Crippen molar-refractivity contribution in [2.75, 3.05) is 0 Å². The molecule has 0 unspecified atom stereocenters. The van der Waals surface area contributed by atoms with Crippen molar-refractivity contribution in [3.63, 3.8) is 0 Å². The Morgan fingerprint density at radius 3 is 2.82 bits per heavy atom. The molecule has 4 rings (SSSR count). The highest BCUT2D eigenvalue weighted by Gasteiger charge is 2.15. The molecule has 7 nitrogen and oxygen atoms in total. The van der Waals surface area contributed by atoms with Crippen LogP contribution in [0, 0.1) is 11.3 Å². The molecule has 0 saturated heterocycles. The average Bonchev–Trinajstić information content (AvgIpc) is 3.23. The largest absolute Gasteiger partial charge is 0.314 e. The monoisotopic (exact) mass is 375 g/mol. The minimum Gasteiger partial charge on any atom is -0.314 e. The standard InChI is InChI=1S/C21H25N7/c22-11-7-12-27-16-18(21(26-27)17-8-3-1-4-9-17)14-23-15-20-25-24-19-10-5-2-6-13-28(19)20/h1,3-4,8-9,16,23H,2,5-7,10,12-15H2. The van der Waals surface area contributed by atoms with Gasteiger partial charge in [0.2, 0.25) is 0 Å². The highest BCUT2D eigenvalue weighted by molar-refractivity contribution is 5.62. The van der Waals surface area contributed by atoms with E-state index < -0.39 is 0 Å². The minimum atomic E-state index is 0.453. The number of aromatic nitrogens is 5. The van der Waals surface area contributed by atoms with Crippen LogP contribution in [0.25, 0.3) is 11.3 Å². The van der Waals surface area contributed by atoms with E-state index in [-0.39, 0.29) is 0 Å². The molecule has 0 spiro atoms. The van der Waals surface area contributed by atoms with Crippen molar-refractivity contribution in [3.8, 4) is 17.3 Å². The van der Waals surface area contributed by atoms with E-state index in [4.69, 9.17) is 10.4 Å². The van der Waals surface area contributed by atoms with Gasteiger partial charge in [-0.05, 0) is 12.8 Å². The van der Waals surface area contributed by atoms with Crippen molar-refractivity contribution in [1.29, 1.82) is 5.26 Å². The fourth-order valence-corrected chi connectivity index (χ4v) is 3.70. The van der Waals surface area contributed by atoms with Crippen LogP contribution in [0.2, 0.25) is 0 Å². The molecule has 0 bridgehead atoms. The normalized spacial score (nSPS) is 13.7. The Kier molecular flexibility index (Phi) is 5.78. The Labute approximate surface area is 165 Å². The Bertz CT molecular complexity index is 949. The van der Waals surface area contributed by atoms with Gasteiger partial charge in [-0.15, -0.1) is 10.2 Å². The summed E-state index contributed by atoms with van der Waals surface area (Å²) in [6, 6.07) is 12.4. The molecule has 1 aromatic carbocycles. The predicted molar refractivity (Wildman–Crippen MR) is 106 cm³/mol. The Hall–Kier alpha value is -2.98. The van der Waals surface area contributed by atoms with Crippen LogP contribution in [0.1, 0.15) is 42.9 Å². The average molecular weight is 375 g/mol. The number of hydrogen-bond acceptors (Lipinski definition) is 5. The Morgan fingerprint density at radius 2 is 1.96 bits per heavy atom. The van der Waals surface area contributed by atoms with Crippen LogP contribution >= 0.6 is 0 Å². The Balaban J connectivity index is 1.48. The van der Waals surface area contributed by atoms with Gasteiger partial charge in [0.15, 0.2) is 0 Å². The molecule has 1 N–H and O–H groups in total. The first-order chi connectivity index (χ1) is 13.8. The second kappa shape index (κ2) is 8.81. The summed E-state index contributed by atoms with van der Waals surface area (Å²) in [6.07, 6.45) is 7.18. The van der Waals surface area contributed by atoms with E-state index in [1.165, 1.54) is 19.3 Å². The summed E-state index contributed by atoms with van der Waals surface area (Å²) in [6.45, 7) is 3.00. The SMILES string of the molecule is N#CCCn1cc(CNCc2nnc3n2CCCCC3)c(-c2ccccc2)n1. The van der Waals surface area contributed by atoms with Gasteiger partial charge in [0.25, 0.3) is 0 Å². The third-order valence-electron chi connectivity index (χ3n) is 5.12. The molecule has 0 amide bonds. The summed E-state index contributed by atoms with van der Waals surface area (Å²) < 4.78 is 4.14. The van der Waals surface area contributed by atoms with Gasteiger partial charge in [0.05, 0.1) is 31.3 Å². The van der Waals surface area contributed by atoms with Crippen LogP contribution in [0.5, 0.6) is 0 Å². The zero-order valence-electron chi connectivity index (χ0n) is 16.0. The Morgan fingerprint density at radius 1 is 1.07 bits per heavy atom. The molecular weight excluding hydrogens is 350 g/mol. The number of aryl methyl sites for hydroxylation is 2. The lowest BCUT2D eigenvalue weighted by Gasteiger charge is -2.08. The summed E-state index contributed by atoms with van der Waals surface area (Å²) in [4.78, 5) is 0. The number of benzene rings is 1. The van der Waals surface area contributed by atoms with Gasteiger partial charge in [-0.3, -0.25) is 4.68 Å². The van der Waals surface area contributed by atoms with E-state index in [0.717, 1.165) is 41.4 Å². The predicted octanol–water partition coefficient (Wildman–Crippen LogP) is 3.07. The van der Waals surface area contributed by atoms with Gasteiger partial charge in [0.1, 0.15) is 11.6 Å². The minimum absolute atomic E-state index is 0.453. The third kappa shape index (κ3) is 4.12. The van der Waals surface area contributed by atoms with Gasteiger partial charge in [-0.2, -0.15) is 10.4 Å². The molecule has 0 aliphatic carbocycles. The van der Waals surface area contributed by atoms with E-state index in [0.29, 0.717) is 26.1 Å². The van der Waals surface area contributed by atoms with Crippen LogP contribution in [0.4, 0.5) is 0 Å². The van der Waals surface area contributed by atoms with Crippen molar-refractivity contribution < 1.29 is 0 Å². The number of rotatable bonds is 7. The first kappa shape index (κ1) is 18.4. The molecule has 0 fully saturated rings. The van der Waals surface area contributed by atoms with Crippen molar-refractivity contribution in [2.45, 2.75) is 58.3 Å². The molecule has 28 heavy (non-hydrogen) atoms. The molecule has 0 saturated carbocycles.